The fourth-order valence-corrected chi connectivity index (χ4v) is 2.28. The molecule has 1 heterocycles. The van der Waals surface area contributed by atoms with Crippen molar-refractivity contribution < 1.29 is 5.11 Å². The first kappa shape index (κ1) is 13.7. The van der Waals surface area contributed by atoms with Gasteiger partial charge in [-0.15, -0.1) is 0 Å². The first-order valence-electron chi connectivity index (χ1n) is 6.64. The minimum Gasteiger partial charge on any atom is -0.388 e. The summed E-state index contributed by atoms with van der Waals surface area (Å²) in [5.41, 5.74) is 1.000. The highest BCUT2D eigenvalue weighted by atomic mass is 16.3. The van der Waals surface area contributed by atoms with E-state index in [9.17, 15) is 5.11 Å². The highest BCUT2D eigenvalue weighted by molar-refractivity contribution is 5.75. The summed E-state index contributed by atoms with van der Waals surface area (Å²) in [7, 11) is 0. The first-order valence-corrected chi connectivity index (χ1v) is 6.64. The van der Waals surface area contributed by atoms with Crippen LogP contribution in [-0.4, -0.2) is 27.2 Å². The van der Waals surface area contributed by atoms with E-state index in [-0.39, 0.29) is 0 Å². The molecule has 1 unspecified atom stereocenters. The Balaban J connectivity index is 2.05. The fraction of sp³-hybridized carbons (Fsp3) is 0.467. The van der Waals surface area contributed by atoms with Crippen molar-refractivity contribution in [3.63, 3.8) is 0 Å². The highest BCUT2D eigenvalue weighted by Crippen LogP contribution is 2.17. The molecule has 102 valence electrons. The number of anilines is 1. The van der Waals surface area contributed by atoms with Crippen LogP contribution in [0.15, 0.2) is 30.5 Å². The number of fused-ring (bicyclic) bond motifs is 1. The maximum absolute atomic E-state index is 10.2. The van der Waals surface area contributed by atoms with E-state index in [0.717, 1.165) is 17.5 Å². The van der Waals surface area contributed by atoms with Gasteiger partial charge in [0.15, 0.2) is 0 Å². The van der Waals surface area contributed by atoms with Crippen molar-refractivity contribution in [1.82, 2.24) is 9.97 Å². The van der Waals surface area contributed by atoms with E-state index >= 15 is 0 Å². The van der Waals surface area contributed by atoms with Gasteiger partial charge in [0, 0.05) is 6.54 Å². The molecule has 0 aliphatic carbocycles. The quantitative estimate of drug-likeness (QED) is 0.867. The third kappa shape index (κ3) is 3.89. The third-order valence-corrected chi connectivity index (χ3v) is 2.95. The van der Waals surface area contributed by atoms with E-state index in [4.69, 9.17) is 0 Å². The lowest BCUT2D eigenvalue weighted by Gasteiger charge is -2.25. The lowest BCUT2D eigenvalue weighted by molar-refractivity contribution is 0.0515. The van der Waals surface area contributed by atoms with Crippen LogP contribution in [0.4, 0.5) is 5.82 Å². The molecule has 1 aromatic heterocycles. The maximum Gasteiger partial charge on any atom is 0.145 e. The van der Waals surface area contributed by atoms with Crippen LogP contribution >= 0.6 is 0 Å². The Morgan fingerprint density at radius 3 is 2.63 bits per heavy atom. The number of benzene rings is 1. The van der Waals surface area contributed by atoms with Crippen molar-refractivity contribution in [2.24, 2.45) is 5.92 Å². The van der Waals surface area contributed by atoms with Gasteiger partial charge < -0.3 is 10.4 Å². The zero-order chi connectivity index (χ0) is 13.9. The normalized spacial score (nSPS) is 14.6. The average molecular weight is 259 g/mol. The van der Waals surface area contributed by atoms with Gasteiger partial charge in [-0.25, -0.2) is 4.98 Å². The molecule has 0 aliphatic heterocycles. The monoisotopic (exact) mass is 259 g/mol. The van der Waals surface area contributed by atoms with Gasteiger partial charge in [-0.2, -0.15) is 0 Å². The molecule has 0 saturated carbocycles. The molecular formula is C15H21N3O. The Morgan fingerprint density at radius 2 is 1.95 bits per heavy atom. The number of aromatic nitrogens is 2. The number of hydrogen-bond donors (Lipinski definition) is 2. The minimum absolute atomic E-state index is 0.458. The van der Waals surface area contributed by atoms with Gasteiger partial charge in [-0.3, -0.25) is 4.98 Å². The summed E-state index contributed by atoms with van der Waals surface area (Å²) in [4.78, 5) is 8.81. The van der Waals surface area contributed by atoms with Gasteiger partial charge >= 0.3 is 0 Å². The van der Waals surface area contributed by atoms with Crippen molar-refractivity contribution in [2.75, 3.05) is 11.9 Å². The molecule has 4 nitrogen and oxygen atoms in total. The summed E-state index contributed by atoms with van der Waals surface area (Å²) in [6.07, 6.45) is 2.45. The summed E-state index contributed by atoms with van der Waals surface area (Å²) in [6.45, 7) is 6.52. The summed E-state index contributed by atoms with van der Waals surface area (Å²) >= 11 is 0. The number of hydrogen-bond acceptors (Lipinski definition) is 4. The van der Waals surface area contributed by atoms with Gasteiger partial charge in [-0.1, -0.05) is 26.0 Å². The molecule has 1 aromatic carbocycles. The molecule has 0 amide bonds. The molecule has 1 atom stereocenters. The molecular weight excluding hydrogens is 238 g/mol. The molecule has 0 saturated heterocycles. The molecule has 0 fully saturated rings. The number of para-hydroxylation sites is 2. The van der Waals surface area contributed by atoms with Crippen LogP contribution < -0.4 is 5.32 Å². The lowest BCUT2D eigenvalue weighted by atomic mass is 9.94. The molecule has 0 bridgehead atoms. The SMILES string of the molecule is CC(C)CC(C)(O)CNc1cnc2ccccc2n1. The molecule has 0 aliphatic rings. The van der Waals surface area contributed by atoms with Crippen LogP contribution in [0.5, 0.6) is 0 Å². The zero-order valence-electron chi connectivity index (χ0n) is 11.7. The Labute approximate surface area is 113 Å². The Morgan fingerprint density at radius 1 is 1.26 bits per heavy atom. The van der Waals surface area contributed by atoms with Crippen LogP contribution in [0.25, 0.3) is 11.0 Å². The maximum atomic E-state index is 10.2. The first-order chi connectivity index (χ1) is 8.96. The van der Waals surface area contributed by atoms with Crippen LogP contribution in [-0.2, 0) is 0 Å². The Kier molecular flexibility index (Phi) is 4.00. The second-order valence-electron chi connectivity index (χ2n) is 5.69. The molecule has 2 N–H and O–H groups in total. The smallest absolute Gasteiger partial charge is 0.145 e. The van der Waals surface area contributed by atoms with Gasteiger partial charge in [0.05, 0.1) is 22.8 Å². The van der Waals surface area contributed by atoms with Gasteiger partial charge in [0.1, 0.15) is 5.82 Å². The van der Waals surface area contributed by atoms with Crippen LogP contribution in [0.2, 0.25) is 0 Å². The summed E-state index contributed by atoms with van der Waals surface area (Å²) in [5, 5.41) is 13.4. The Bertz CT molecular complexity index is 552. The molecule has 4 heteroatoms. The molecule has 2 rings (SSSR count). The second kappa shape index (κ2) is 5.53. The van der Waals surface area contributed by atoms with E-state index < -0.39 is 5.60 Å². The van der Waals surface area contributed by atoms with Gasteiger partial charge in [0.25, 0.3) is 0 Å². The topological polar surface area (TPSA) is 58.0 Å². The summed E-state index contributed by atoms with van der Waals surface area (Å²) < 4.78 is 0. The van der Waals surface area contributed by atoms with Gasteiger partial charge in [0.2, 0.25) is 0 Å². The number of nitrogens with one attached hydrogen (secondary N) is 1. The summed E-state index contributed by atoms with van der Waals surface area (Å²) in [6, 6.07) is 7.74. The fourth-order valence-electron chi connectivity index (χ4n) is 2.28. The number of rotatable bonds is 5. The van der Waals surface area contributed by atoms with Crippen molar-refractivity contribution >= 4 is 16.9 Å². The average Bonchev–Trinajstić information content (AvgIpc) is 2.35. The predicted molar refractivity (Wildman–Crippen MR) is 78.1 cm³/mol. The summed E-state index contributed by atoms with van der Waals surface area (Å²) in [5.74, 6) is 1.15. The predicted octanol–water partition coefficient (Wildman–Crippen LogP) is 2.84. The van der Waals surface area contributed by atoms with E-state index in [0.29, 0.717) is 18.3 Å². The van der Waals surface area contributed by atoms with E-state index in [1.165, 1.54) is 0 Å². The van der Waals surface area contributed by atoms with Crippen LogP contribution in [0.1, 0.15) is 27.2 Å². The van der Waals surface area contributed by atoms with Crippen molar-refractivity contribution in [3.05, 3.63) is 30.5 Å². The van der Waals surface area contributed by atoms with Gasteiger partial charge in [-0.05, 0) is 31.4 Å². The third-order valence-electron chi connectivity index (χ3n) is 2.95. The van der Waals surface area contributed by atoms with Crippen LogP contribution in [0, 0.1) is 5.92 Å². The zero-order valence-corrected chi connectivity index (χ0v) is 11.7. The van der Waals surface area contributed by atoms with Crippen molar-refractivity contribution in [3.8, 4) is 0 Å². The largest absolute Gasteiger partial charge is 0.388 e. The highest BCUT2D eigenvalue weighted by Gasteiger charge is 2.21. The molecule has 0 radical (unpaired) electrons. The lowest BCUT2D eigenvalue weighted by Crippen LogP contribution is -2.35. The standard InChI is InChI=1S/C15H21N3O/c1-11(2)8-15(3,19)10-17-14-9-16-12-6-4-5-7-13(12)18-14/h4-7,9,11,19H,8,10H2,1-3H3,(H,17,18). The Hall–Kier alpha value is -1.68. The van der Waals surface area contributed by atoms with E-state index in [2.05, 4.69) is 29.1 Å². The van der Waals surface area contributed by atoms with Crippen molar-refractivity contribution in [2.45, 2.75) is 32.8 Å². The minimum atomic E-state index is -0.735. The van der Waals surface area contributed by atoms with E-state index in [1.54, 1.807) is 6.20 Å². The second-order valence-corrected chi connectivity index (χ2v) is 5.69. The van der Waals surface area contributed by atoms with E-state index in [1.807, 2.05) is 31.2 Å². The molecule has 19 heavy (non-hydrogen) atoms. The molecule has 2 aromatic rings. The number of aliphatic hydroxyl groups is 1. The number of nitrogens with zero attached hydrogens (tertiary/aromatic N) is 2. The van der Waals surface area contributed by atoms with Crippen molar-refractivity contribution in [1.29, 1.82) is 0 Å². The van der Waals surface area contributed by atoms with Crippen LogP contribution in [0.3, 0.4) is 0 Å². The molecule has 0 spiro atoms.